The zero-order valence-electron chi connectivity index (χ0n) is 18.1. The number of benzene rings is 2. The fraction of sp³-hybridized carbons (Fsp3) is 0.400. The van der Waals surface area contributed by atoms with Crippen LogP contribution in [0.5, 0.6) is 5.75 Å². The van der Waals surface area contributed by atoms with E-state index in [1.807, 2.05) is 28.9 Å². The third-order valence-corrected chi connectivity index (χ3v) is 6.49. The largest absolute Gasteiger partial charge is 0.497 e. The van der Waals surface area contributed by atoms with Gasteiger partial charge in [-0.3, -0.25) is 9.80 Å². The normalized spacial score (nSPS) is 17.1. The molecule has 1 aliphatic heterocycles. The van der Waals surface area contributed by atoms with Crippen molar-refractivity contribution in [3.05, 3.63) is 76.9 Å². The van der Waals surface area contributed by atoms with E-state index in [-0.39, 0.29) is 5.82 Å². The van der Waals surface area contributed by atoms with Gasteiger partial charge in [0.2, 0.25) is 0 Å². The van der Waals surface area contributed by atoms with Crippen LogP contribution in [0.4, 0.5) is 4.39 Å². The number of aromatic nitrogens is 2. The average Bonchev–Trinajstić information content (AvgIpc) is 3.40. The molecule has 1 fully saturated rings. The van der Waals surface area contributed by atoms with Gasteiger partial charge in [-0.2, -0.15) is 5.10 Å². The van der Waals surface area contributed by atoms with Crippen LogP contribution in [-0.2, 0) is 25.9 Å². The Kier molecular flexibility index (Phi) is 5.74. The molecule has 2 heterocycles. The Morgan fingerprint density at radius 2 is 1.55 bits per heavy atom. The molecule has 0 N–H and O–H groups in total. The monoisotopic (exact) mass is 420 g/mol. The third kappa shape index (κ3) is 4.36. The summed E-state index contributed by atoms with van der Waals surface area (Å²) >= 11 is 0. The first kappa shape index (κ1) is 20.2. The minimum absolute atomic E-state index is 0.208. The van der Waals surface area contributed by atoms with Crippen LogP contribution in [0.2, 0.25) is 0 Å². The van der Waals surface area contributed by atoms with Crippen LogP contribution in [0.25, 0.3) is 5.69 Å². The van der Waals surface area contributed by atoms with Crippen molar-refractivity contribution < 1.29 is 9.13 Å². The summed E-state index contributed by atoms with van der Waals surface area (Å²) < 4.78 is 20.6. The fourth-order valence-corrected chi connectivity index (χ4v) is 4.74. The van der Waals surface area contributed by atoms with Gasteiger partial charge in [0.15, 0.2) is 0 Å². The van der Waals surface area contributed by atoms with Gasteiger partial charge >= 0.3 is 0 Å². The predicted octanol–water partition coefficient (Wildman–Crippen LogP) is 3.83. The summed E-state index contributed by atoms with van der Waals surface area (Å²) in [5.74, 6) is 0.696. The first-order valence-electron chi connectivity index (χ1n) is 11.1. The molecule has 1 aliphatic carbocycles. The van der Waals surface area contributed by atoms with E-state index in [9.17, 15) is 4.39 Å². The van der Waals surface area contributed by atoms with E-state index in [0.29, 0.717) is 0 Å². The summed E-state index contributed by atoms with van der Waals surface area (Å²) in [7, 11) is 1.70. The highest BCUT2D eigenvalue weighted by Crippen LogP contribution is 2.29. The Morgan fingerprint density at radius 3 is 2.23 bits per heavy atom. The van der Waals surface area contributed by atoms with E-state index in [0.717, 1.165) is 63.5 Å². The Morgan fingerprint density at radius 1 is 0.871 bits per heavy atom. The fourth-order valence-electron chi connectivity index (χ4n) is 4.74. The highest BCUT2D eigenvalue weighted by Gasteiger charge is 2.25. The lowest BCUT2D eigenvalue weighted by molar-refractivity contribution is 0.120. The smallest absolute Gasteiger partial charge is 0.123 e. The molecule has 0 spiro atoms. The van der Waals surface area contributed by atoms with E-state index in [1.165, 1.54) is 41.1 Å². The molecular formula is C25H29FN4O. The molecule has 162 valence electrons. The Hall–Kier alpha value is -2.70. The third-order valence-electron chi connectivity index (χ3n) is 6.49. The number of piperazine rings is 1. The molecule has 2 aromatic carbocycles. The number of halogens is 1. The second-order valence-corrected chi connectivity index (χ2v) is 8.51. The molecule has 0 unspecified atom stereocenters. The number of ether oxygens (including phenoxy) is 1. The maximum Gasteiger partial charge on any atom is 0.123 e. The van der Waals surface area contributed by atoms with E-state index >= 15 is 0 Å². The molecule has 1 aromatic heterocycles. The van der Waals surface area contributed by atoms with Crippen molar-refractivity contribution >= 4 is 0 Å². The van der Waals surface area contributed by atoms with Gasteiger partial charge in [-0.1, -0.05) is 12.1 Å². The van der Waals surface area contributed by atoms with Gasteiger partial charge in [-0.05, 0) is 66.8 Å². The van der Waals surface area contributed by atoms with Crippen molar-refractivity contribution in [1.29, 1.82) is 0 Å². The van der Waals surface area contributed by atoms with Crippen molar-refractivity contribution in [2.75, 3.05) is 33.3 Å². The summed E-state index contributed by atoms with van der Waals surface area (Å²) in [6, 6.07) is 15.0. The molecule has 0 bridgehead atoms. The molecule has 0 radical (unpaired) electrons. The molecule has 31 heavy (non-hydrogen) atoms. The van der Waals surface area contributed by atoms with Gasteiger partial charge in [0, 0.05) is 45.0 Å². The van der Waals surface area contributed by atoms with Crippen molar-refractivity contribution in [2.45, 2.75) is 32.4 Å². The van der Waals surface area contributed by atoms with Gasteiger partial charge in [0.1, 0.15) is 11.6 Å². The van der Waals surface area contributed by atoms with Crippen molar-refractivity contribution in [2.24, 2.45) is 0 Å². The zero-order valence-corrected chi connectivity index (χ0v) is 18.1. The zero-order chi connectivity index (χ0) is 21.2. The Balaban J connectivity index is 1.22. The molecule has 3 aromatic rings. The lowest BCUT2D eigenvalue weighted by Crippen LogP contribution is -2.45. The van der Waals surface area contributed by atoms with Crippen LogP contribution in [-0.4, -0.2) is 52.9 Å². The summed E-state index contributed by atoms with van der Waals surface area (Å²) in [5.41, 5.74) is 6.19. The van der Waals surface area contributed by atoms with Gasteiger partial charge in [-0.15, -0.1) is 0 Å². The second kappa shape index (κ2) is 8.81. The lowest BCUT2D eigenvalue weighted by atomic mass is 10.1. The number of hydrogen-bond donors (Lipinski definition) is 0. The highest BCUT2D eigenvalue weighted by molar-refractivity contribution is 5.40. The SMILES string of the molecule is COc1ccc(CN2CCN(Cc3nn(-c4ccc(F)cc4)c4c3CCC4)CC2)cc1. The van der Waals surface area contributed by atoms with Crippen molar-refractivity contribution in [3.63, 3.8) is 0 Å². The summed E-state index contributed by atoms with van der Waals surface area (Å²) in [6.45, 7) is 6.10. The second-order valence-electron chi connectivity index (χ2n) is 8.51. The maximum absolute atomic E-state index is 13.3. The van der Waals surface area contributed by atoms with Crippen molar-refractivity contribution in [1.82, 2.24) is 19.6 Å². The minimum Gasteiger partial charge on any atom is -0.497 e. The van der Waals surface area contributed by atoms with Crippen LogP contribution >= 0.6 is 0 Å². The standard InChI is InChI=1S/C25H29FN4O/c1-31-22-11-5-19(6-12-22)17-28-13-15-29(16-14-28)18-24-23-3-2-4-25(23)30(27-24)21-9-7-20(26)8-10-21/h5-12H,2-4,13-18H2,1H3. The average molecular weight is 421 g/mol. The molecule has 0 atom stereocenters. The lowest BCUT2D eigenvalue weighted by Gasteiger charge is -2.34. The van der Waals surface area contributed by atoms with Gasteiger partial charge in [0.25, 0.3) is 0 Å². The highest BCUT2D eigenvalue weighted by atomic mass is 19.1. The van der Waals surface area contributed by atoms with E-state index in [4.69, 9.17) is 9.84 Å². The molecule has 6 heteroatoms. The molecule has 5 rings (SSSR count). The first-order chi connectivity index (χ1) is 15.2. The number of methoxy groups -OCH3 is 1. The maximum atomic E-state index is 13.3. The first-order valence-corrected chi connectivity index (χ1v) is 11.1. The number of fused-ring (bicyclic) bond motifs is 1. The van der Waals surface area contributed by atoms with Crippen LogP contribution in [0.15, 0.2) is 48.5 Å². The van der Waals surface area contributed by atoms with E-state index in [1.54, 1.807) is 7.11 Å². The minimum atomic E-state index is -0.208. The molecular weight excluding hydrogens is 391 g/mol. The van der Waals surface area contributed by atoms with Crippen LogP contribution in [0, 0.1) is 5.82 Å². The van der Waals surface area contributed by atoms with Gasteiger partial charge in [-0.25, -0.2) is 9.07 Å². The molecule has 5 nitrogen and oxygen atoms in total. The summed E-state index contributed by atoms with van der Waals surface area (Å²) in [6.07, 6.45) is 3.33. The van der Waals surface area contributed by atoms with Crippen LogP contribution in [0.3, 0.4) is 0 Å². The van der Waals surface area contributed by atoms with Gasteiger partial charge in [0.05, 0.1) is 18.5 Å². The summed E-state index contributed by atoms with van der Waals surface area (Å²) in [5, 5.41) is 4.96. The number of hydrogen-bond acceptors (Lipinski definition) is 4. The molecule has 2 aliphatic rings. The van der Waals surface area contributed by atoms with Crippen LogP contribution < -0.4 is 4.74 Å². The van der Waals surface area contributed by atoms with Crippen molar-refractivity contribution in [3.8, 4) is 11.4 Å². The molecule has 1 saturated heterocycles. The van der Waals surface area contributed by atoms with Crippen LogP contribution in [0.1, 0.15) is 28.9 Å². The molecule has 0 saturated carbocycles. The summed E-state index contributed by atoms with van der Waals surface area (Å²) in [4.78, 5) is 5.03. The Bertz CT molecular complexity index is 1020. The van der Waals surface area contributed by atoms with E-state index in [2.05, 4.69) is 21.9 Å². The number of rotatable bonds is 6. The van der Waals surface area contributed by atoms with E-state index < -0.39 is 0 Å². The number of nitrogens with zero attached hydrogens (tertiary/aromatic N) is 4. The Labute approximate surface area is 183 Å². The molecule has 0 amide bonds. The van der Waals surface area contributed by atoms with Gasteiger partial charge < -0.3 is 4.74 Å². The topological polar surface area (TPSA) is 33.5 Å². The quantitative estimate of drug-likeness (QED) is 0.607. The predicted molar refractivity (Wildman–Crippen MR) is 119 cm³/mol.